The molecule has 0 saturated carbocycles. The molecule has 3 rings (SSSR count). The first-order valence-corrected chi connectivity index (χ1v) is 6.70. The number of hydrogen-bond donors (Lipinski definition) is 0. The molecule has 1 aliphatic heterocycles. The van der Waals surface area contributed by atoms with Gasteiger partial charge in [0.15, 0.2) is 5.78 Å². The number of carbonyl (C=O) groups excluding carboxylic acids is 2. The first-order chi connectivity index (χ1) is 9.98. The van der Waals surface area contributed by atoms with Gasteiger partial charge in [-0.3, -0.25) is 4.79 Å². The van der Waals surface area contributed by atoms with Gasteiger partial charge in [-0.15, -0.1) is 0 Å². The summed E-state index contributed by atoms with van der Waals surface area (Å²) in [5.41, 5.74) is 0.307. The lowest BCUT2D eigenvalue weighted by Gasteiger charge is -2.41. The van der Waals surface area contributed by atoms with Gasteiger partial charge < -0.3 is 14.2 Å². The monoisotopic (exact) mass is 288 g/mol. The fraction of sp³-hybridized carbons (Fsp3) is 0.375. The maximum absolute atomic E-state index is 12.3. The molecule has 1 aliphatic carbocycles. The average molecular weight is 288 g/mol. The number of hydrogen-bond acceptors (Lipinski definition) is 5. The summed E-state index contributed by atoms with van der Waals surface area (Å²) in [4.78, 5) is 24.1. The van der Waals surface area contributed by atoms with Crippen LogP contribution >= 0.6 is 0 Å². The number of benzene rings is 1. The zero-order valence-corrected chi connectivity index (χ0v) is 12.1. The second kappa shape index (κ2) is 4.62. The Balaban J connectivity index is 2.24. The molecule has 0 saturated heterocycles. The maximum Gasteiger partial charge on any atom is 0.343 e. The molecule has 0 radical (unpaired) electrons. The Hall–Kier alpha value is -2.30. The Morgan fingerprint density at radius 2 is 2.00 bits per heavy atom. The Morgan fingerprint density at radius 3 is 2.67 bits per heavy atom. The third kappa shape index (κ3) is 2.00. The summed E-state index contributed by atoms with van der Waals surface area (Å²) in [5.74, 6) is 0.333. The van der Waals surface area contributed by atoms with Gasteiger partial charge >= 0.3 is 5.97 Å². The van der Waals surface area contributed by atoms with Crippen molar-refractivity contribution in [3.63, 3.8) is 0 Å². The van der Waals surface area contributed by atoms with E-state index < -0.39 is 11.6 Å². The highest BCUT2D eigenvalue weighted by atomic mass is 16.6. The van der Waals surface area contributed by atoms with Gasteiger partial charge in [0.05, 0.1) is 14.2 Å². The van der Waals surface area contributed by atoms with Crippen molar-refractivity contribution in [2.75, 3.05) is 14.2 Å². The molecule has 1 aromatic rings. The molecule has 0 bridgehead atoms. The summed E-state index contributed by atoms with van der Waals surface area (Å²) in [6, 6.07) is 3.43. The van der Waals surface area contributed by atoms with E-state index in [-0.39, 0.29) is 11.7 Å². The molecule has 1 aromatic carbocycles. The molecule has 0 amide bonds. The largest absolute Gasteiger partial charge is 0.497 e. The second-order valence-electron chi connectivity index (χ2n) is 5.42. The number of ether oxygens (including phenoxy) is 3. The highest BCUT2D eigenvalue weighted by molar-refractivity contribution is 5.99. The highest BCUT2D eigenvalue weighted by Gasteiger charge is 2.47. The van der Waals surface area contributed by atoms with Crippen molar-refractivity contribution in [1.29, 1.82) is 0 Å². The molecule has 2 atom stereocenters. The van der Waals surface area contributed by atoms with Crippen LogP contribution in [0.3, 0.4) is 0 Å². The van der Waals surface area contributed by atoms with Crippen LogP contribution in [0.15, 0.2) is 24.3 Å². The van der Waals surface area contributed by atoms with Gasteiger partial charge in [0.1, 0.15) is 22.7 Å². The van der Waals surface area contributed by atoms with Crippen LogP contribution in [0.25, 0.3) is 0 Å². The van der Waals surface area contributed by atoms with E-state index >= 15 is 0 Å². The van der Waals surface area contributed by atoms with Crippen LogP contribution in [0.1, 0.15) is 35.2 Å². The zero-order valence-electron chi connectivity index (χ0n) is 12.1. The van der Waals surface area contributed by atoms with Crippen molar-refractivity contribution in [2.45, 2.75) is 24.9 Å². The predicted octanol–water partition coefficient (Wildman–Crippen LogP) is 2.25. The van der Waals surface area contributed by atoms with Gasteiger partial charge in [0, 0.05) is 18.4 Å². The summed E-state index contributed by atoms with van der Waals surface area (Å²) in [6.07, 6.45) is 3.44. The first kappa shape index (κ1) is 13.7. The molecular weight excluding hydrogens is 272 g/mol. The van der Waals surface area contributed by atoms with Crippen LogP contribution in [0.4, 0.5) is 0 Å². The van der Waals surface area contributed by atoms with E-state index in [0.29, 0.717) is 23.5 Å². The normalized spacial score (nSPS) is 26.7. The lowest BCUT2D eigenvalue weighted by molar-refractivity contribution is -0.117. The number of ketones is 1. The quantitative estimate of drug-likeness (QED) is 0.781. The van der Waals surface area contributed by atoms with Crippen molar-refractivity contribution < 1.29 is 23.8 Å². The molecule has 0 fully saturated rings. The third-order valence-electron chi connectivity index (χ3n) is 4.15. The van der Waals surface area contributed by atoms with Crippen molar-refractivity contribution in [3.8, 4) is 11.5 Å². The predicted molar refractivity (Wildman–Crippen MR) is 74.9 cm³/mol. The van der Waals surface area contributed by atoms with Crippen LogP contribution in [0.5, 0.6) is 11.5 Å². The molecule has 0 aromatic heterocycles. The van der Waals surface area contributed by atoms with E-state index in [1.54, 1.807) is 25.3 Å². The number of esters is 1. The molecule has 2 aliphatic rings. The van der Waals surface area contributed by atoms with Crippen molar-refractivity contribution >= 4 is 11.8 Å². The van der Waals surface area contributed by atoms with Gasteiger partial charge in [0.2, 0.25) is 0 Å². The van der Waals surface area contributed by atoms with Gasteiger partial charge in [-0.1, -0.05) is 0 Å². The zero-order chi connectivity index (χ0) is 15.2. The van der Waals surface area contributed by atoms with E-state index in [1.165, 1.54) is 13.2 Å². The van der Waals surface area contributed by atoms with Gasteiger partial charge in [-0.2, -0.15) is 0 Å². The Morgan fingerprint density at radius 1 is 1.24 bits per heavy atom. The number of rotatable bonds is 2. The van der Waals surface area contributed by atoms with E-state index in [1.807, 2.05) is 6.92 Å². The summed E-state index contributed by atoms with van der Waals surface area (Å²) < 4.78 is 16.1. The van der Waals surface area contributed by atoms with E-state index in [9.17, 15) is 9.59 Å². The summed E-state index contributed by atoms with van der Waals surface area (Å²) >= 11 is 0. The molecular formula is C16H16O5. The molecule has 21 heavy (non-hydrogen) atoms. The Bertz CT molecular complexity index is 661. The number of methoxy groups -OCH3 is 2. The number of carbonyl (C=O) groups is 2. The smallest absolute Gasteiger partial charge is 0.343 e. The minimum atomic E-state index is -0.810. The average Bonchev–Trinajstić information content (AvgIpc) is 2.47. The van der Waals surface area contributed by atoms with Crippen molar-refractivity contribution in [3.05, 3.63) is 35.4 Å². The lowest BCUT2D eigenvalue weighted by atomic mass is 9.73. The highest BCUT2D eigenvalue weighted by Crippen LogP contribution is 2.47. The molecule has 1 heterocycles. The Labute approximate surface area is 122 Å². The molecule has 0 N–H and O–H groups in total. The molecule has 0 unspecified atom stereocenters. The van der Waals surface area contributed by atoms with Crippen molar-refractivity contribution in [1.82, 2.24) is 0 Å². The summed E-state index contributed by atoms with van der Waals surface area (Å²) in [6.45, 7) is 1.81. The van der Waals surface area contributed by atoms with Crippen LogP contribution in [0, 0.1) is 0 Å². The van der Waals surface area contributed by atoms with Crippen LogP contribution < -0.4 is 9.47 Å². The van der Waals surface area contributed by atoms with Gasteiger partial charge in [-0.25, -0.2) is 4.79 Å². The number of allylic oxidation sites excluding steroid dienone is 1. The Kier molecular flexibility index (Phi) is 3.01. The minimum absolute atomic E-state index is 0.0168. The fourth-order valence-electron chi connectivity index (χ4n) is 3.00. The SMILES string of the molecule is COc1cc(OC)c2c(c1)[C@@H]1CC(=O)C=C[C@]1(C)OC2=O. The van der Waals surface area contributed by atoms with E-state index in [0.717, 1.165) is 5.56 Å². The van der Waals surface area contributed by atoms with Crippen molar-refractivity contribution in [2.24, 2.45) is 0 Å². The lowest BCUT2D eigenvalue weighted by Crippen LogP contribution is -2.44. The first-order valence-electron chi connectivity index (χ1n) is 6.70. The second-order valence-corrected chi connectivity index (χ2v) is 5.42. The van der Waals surface area contributed by atoms with Crippen LogP contribution in [-0.4, -0.2) is 31.6 Å². The molecule has 0 spiro atoms. The number of fused-ring (bicyclic) bond motifs is 3. The molecule has 5 heteroatoms. The fourth-order valence-corrected chi connectivity index (χ4v) is 3.00. The van der Waals surface area contributed by atoms with Crippen LogP contribution in [-0.2, 0) is 9.53 Å². The molecule has 110 valence electrons. The van der Waals surface area contributed by atoms with Gasteiger partial charge in [0.25, 0.3) is 0 Å². The summed E-state index contributed by atoms with van der Waals surface area (Å²) in [5, 5.41) is 0. The molecule has 5 nitrogen and oxygen atoms in total. The maximum atomic E-state index is 12.3. The third-order valence-corrected chi connectivity index (χ3v) is 4.15. The minimum Gasteiger partial charge on any atom is -0.497 e. The topological polar surface area (TPSA) is 61.8 Å². The summed E-state index contributed by atoms with van der Waals surface area (Å²) in [7, 11) is 3.04. The van der Waals surface area contributed by atoms with E-state index in [2.05, 4.69) is 0 Å². The van der Waals surface area contributed by atoms with Crippen LogP contribution in [0.2, 0.25) is 0 Å². The van der Waals surface area contributed by atoms with Gasteiger partial charge in [-0.05, 0) is 30.7 Å². The van der Waals surface area contributed by atoms with E-state index in [4.69, 9.17) is 14.2 Å². The standard InChI is InChI=1S/C16H16O5/c1-16-5-4-9(17)6-12(16)11-7-10(19-2)8-13(20-3)14(11)15(18)21-16/h4-5,7-8,12H,6H2,1-3H3/t12-,16-/m0/s1.